The molecule has 2 heterocycles. The van der Waals surface area contributed by atoms with Crippen molar-refractivity contribution in [2.45, 2.75) is 26.2 Å². The van der Waals surface area contributed by atoms with E-state index >= 15 is 0 Å². The largest absolute Gasteiger partial charge is 0.306 e. The predicted molar refractivity (Wildman–Crippen MR) is 60.1 cm³/mol. The first-order valence-corrected chi connectivity index (χ1v) is 5.02. The van der Waals surface area contributed by atoms with Gasteiger partial charge in [-0.2, -0.15) is 0 Å². The number of aromatic nitrogens is 3. The lowest BCUT2D eigenvalue weighted by Gasteiger charge is -2.14. The summed E-state index contributed by atoms with van der Waals surface area (Å²) in [5.74, 6) is 0. The van der Waals surface area contributed by atoms with E-state index in [9.17, 15) is 0 Å². The summed E-state index contributed by atoms with van der Waals surface area (Å²) in [4.78, 5) is 8.40. The van der Waals surface area contributed by atoms with Gasteiger partial charge in [-0.05, 0) is 12.1 Å². The molecule has 0 amide bonds. The molecule has 0 saturated carbocycles. The first kappa shape index (κ1) is 9.90. The molecule has 15 heavy (non-hydrogen) atoms. The van der Waals surface area contributed by atoms with Crippen LogP contribution in [0, 0.1) is 0 Å². The molecule has 0 fully saturated rings. The van der Waals surface area contributed by atoms with Crippen LogP contribution in [0.15, 0.2) is 37.1 Å². The SMILES string of the molecule is CC(C)(C)c1cn(-c2ccncc2)cn1. The van der Waals surface area contributed by atoms with E-state index in [4.69, 9.17) is 0 Å². The molecule has 0 N–H and O–H groups in total. The van der Waals surface area contributed by atoms with Crippen molar-refractivity contribution in [3.05, 3.63) is 42.7 Å². The van der Waals surface area contributed by atoms with E-state index in [-0.39, 0.29) is 5.41 Å². The Labute approximate surface area is 89.8 Å². The third kappa shape index (κ3) is 2.06. The van der Waals surface area contributed by atoms with Crippen LogP contribution in [-0.2, 0) is 5.41 Å². The fourth-order valence-corrected chi connectivity index (χ4v) is 1.37. The monoisotopic (exact) mass is 201 g/mol. The zero-order valence-electron chi connectivity index (χ0n) is 9.31. The average molecular weight is 201 g/mol. The number of hydrogen-bond donors (Lipinski definition) is 0. The van der Waals surface area contributed by atoms with Crippen LogP contribution in [0.1, 0.15) is 26.5 Å². The molecule has 2 rings (SSSR count). The predicted octanol–water partition coefficient (Wildman–Crippen LogP) is 2.56. The summed E-state index contributed by atoms with van der Waals surface area (Å²) >= 11 is 0. The van der Waals surface area contributed by atoms with Crippen LogP contribution in [-0.4, -0.2) is 14.5 Å². The number of hydrogen-bond acceptors (Lipinski definition) is 2. The Morgan fingerprint density at radius 1 is 1.13 bits per heavy atom. The second kappa shape index (κ2) is 3.50. The minimum absolute atomic E-state index is 0.0955. The zero-order valence-corrected chi connectivity index (χ0v) is 9.31. The molecule has 0 spiro atoms. The lowest BCUT2D eigenvalue weighted by molar-refractivity contribution is 0.572. The molecule has 0 saturated heterocycles. The summed E-state index contributed by atoms with van der Waals surface area (Å²) in [6.07, 6.45) is 7.48. The summed E-state index contributed by atoms with van der Waals surface area (Å²) in [6, 6.07) is 3.93. The molecule has 78 valence electrons. The van der Waals surface area contributed by atoms with Crippen molar-refractivity contribution in [1.29, 1.82) is 0 Å². The highest BCUT2D eigenvalue weighted by molar-refractivity contribution is 5.30. The Hall–Kier alpha value is -1.64. The van der Waals surface area contributed by atoms with Crippen molar-refractivity contribution in [1.82, 2.24) is 14.5 Å². The third-order valence-corrected chi connectivity index (χ3v) is 2.31. The van der Waals surface area contributed by atoms with Gasteiger partial charge in [0.05, 0.1) is 12.0 Å². The van der Waals surface area contributed by atoms with Crippen LogP contribution in [0.25, 0.3) is 5.69 Å². The number of nitrogens with zero attached hydrogens (tertiary/aromatic N) is 3. The topological polar surface area (TPSA) is 30.7 Å². The molecule has 0 atom stereocenters. The standard InChI is InChI=1S/C12H15N3/c1-12(2,3)11-8-15(9-14-11)10-4-6-13-7-5-10/h4-9H,1-3H3. The van der Waals surface area contributed by atoms with Crippen LogP contribution >= 0.6 is 0 Å². The molecule has 0 aromatic carbocycles. The van der Waals surface area contributed by atoms with Gasteiger partial charge in [0.25, 0.3) is 0 Å². The Balaban J connectivity index is 2.37. The Morgan fingerprint density at radius 3 is 2.33 bits per heavy atom. The summed E-state index contributed by atoms with van der Waals surface area (Å²) < 4.78 is 2.02. The summed E-state index contributed by atoms with van der Waals surface area (Å²) in [7, 11) is 0. The second-order valence-corrected chi connectivity index (χ2v) is 4.62. The average Bonchev–Trinajstić information content (AvgIpc) is 2.67. The molecule has 0 aliphatic heterocycles. The maximum Gasteiger partial charge on any atom is 0.0995 e. The molecule has 3 nitrogen and oxygen atoms in total. The van der Waals surface area contributed by atoms with Gasteiger partial charge in [-0.3, -0.25) is 4.98 Å². The maximum absolute atomic E-state index is 4.41. The van der Waals surface area contributed by atoms with E-state index in [1.165, 1.54) is 0 Å². The van der Waals surface area contributed by atoms with Crippen molar-refractivity contribution < 1.29 is 0 Å². The van der Waals surface area contributed by atoms with E-state index < -0.39 is 0 Å². The fourth-order valence-electron chi connectivity index (χ4n) is 1.37. The van der Waals surface area contributed by atoms with Crippen molar-refractivity contribution in [2.75, 3.05) is 0 Å². The number of imidazole rings is 1. The molecular weight excluding hydrogens is 186 g/mol. The fraction of sp³-hybridized carbons (Fsp3) is 0.333. The lowest BCUT2D eigenvalue weighted by Crippen LogP contribution is -2.11. The lowest BCUT2D eigenvalue weighted by atomic mass is 9.93. The quantitative estimate of drug-likeness (QED) is 0.710. The summed E-state index contributed by atoms with van der Waals surface area (Å²) in [6.45, 7) is 6.48. The first-order valence-electron chi connectivity index (χ1n) is 5.02. The summed E-state index contributed by atoms with van der Waals surface area (Å²) in [5.41, 5.74) is 2.28. The molecule has 0 unspecified atom stereocenters. The number of pyridine rings is 1. The van der Waals surface area contributed by atoms with Gasteiger partial charge >= 0.3 is 0 Å². The highest BCUT2D eigenvalue weighted by Gasteiger charge is 2.16. The van der Waals surface area contributed by atoms with Crippen molar-refractivity contribution >= 4 is 0 Å². The molecule has 0 radical (unpaired) electrons. The minimum atomic E-state index is 0.0955. The van der Waals surface area contributed by atoms with Crippen molar-refractivity contribution in [3.8, 4) is 5.69 Å². The molecule has 0 bridgehead atoms. The van der Waals surface area contributed by atoms with Crippen LogP contribution in [0.4, 0.5) is 0 Å². The first-order chi connectivity index (χ1) is 7.07. The Bertz CT molecular complexity index is 437. The van der Waals surface area contributed by atoms with E-state index in [0.29, 0.717) is 0 Å². The van der Waals surface area contributed by atoms with E-state index in [2.05, 4.69) is 36.9 Å². The van der Waals surface area contributed by atoms with Gasteiger partial charge < -0.3 is 4.57 Å². The van der Waals surface area contributed by atoms with Crippen molar-refractivity contribution in [2.24, 2.45) is 0 Å². The molecule has 3 heteroatoms. The molecule has 0 aliphatic carbocycles. The van der Waals surface area contributed by atoms with Crippen LogP contribution in [0.5, 0.6) is 0 Å². The van der Waals surface area contributed by atoms with Gasteiger partial charge in [-0.1, -0.05) is 20.8 Å². The van der Waals surface area contributed by atoms with Gasteiger partial charge in [0, 0.05) is 29.7 Å². The van der Waals surface area contributed by atoms with E-state index in [1.54, 1.807) is 12.4 Å². The molecule has 0 aliphatic rings. The Morgan fingerprint density at radius 2 is 1.80 bits per heavy atom. The summed E-state index contributed by atoms with van der Waals surface area (Å²) in [5, 5.41) is 0. The third-order valence-electron chi connectivity index (χ3n) is 2.31. The molecule has 2 aromatic heterocycles. The highest BCUT2D eigenvalue weighted by Crippen LogP contribution is 2.20. The number of rotatable bonds is 1. The Kier molecular flexibility index (Phi) is 2.31. The van der Waals surface area contributed by atoms with Gasteiger partial charge in [-0.15, -0.1) is 0 Å². The van der Waals surface area contributed by atoms with Crippen LogP contribution in [0.2, 0.25) is 0 Å². The van der Waals surface area contributed by atoms with Gasteiger partial charge in [0.15, 0.2) is 0 Å². The van der Waals surface area contributed by atoms with Gasteiger partial charge in [-0.25, -0.2) is 4.98 Å². The zero-order chi connectivity index (χ0) is 10.9. The van der Waals surface area contributed by atoms with Gasteiger partial charge in [0.2, 0.25) is 0 Å². The smallest absolute Gasteiger partial charge is 0.0995 e. The minimum Gasteiger partial charge on any atom is -0.306 e. The van der Waals surface area contributed by atoms with Crippen LogP contribution in [0.3, 0.4) is 0 Å². The molecule has 2 aromatic rings. The van der Waals surface area contributed by atoms with Crippen molar-refractivity contribution in [3.63, 3.8) is 0 Å². The van der Waals surface area contributed by atoms with E-state index in [0.717, 1.165) is 11.4 Å². The molecular formula is C12H15N3. The van der Waals surface area contributed by atoms with E-state index in [1.807, 2.05) is 23.0 Å². The second-order valence-electron chi connectivity index (χ2n) is 4.62. The maximum atomic E-state index is 4.41. The van der Waals surface area contributed by atoms with Crippen LogP contribution < -0.4 is 0 Å². The highest BCUT2D eigenvalue weighted by atomic mass is 15.0. The van der Waals surface area contributed by atoms with Gasteiger partial charge in [0.1, 0.15) is 0 Å². The normalized spacial score (nSPS) is 11.7.